The highest BCUT2D eigenvalue weighted by molar-refractivity contribution is 7.91. The molecule has 112 valence electrons. The molecular weight excluding hydrogens is 336 g/mol. The first kappa shape index (κ1) is 15.9. The van der Waals surface area contributed by atoms with E-state index >= 15 is 0 Å². The fourth-order valence-electron chi connectivity index (χ4n) is 1.68. The summed E-state index contributed by atoms with van der Waals surface area (Å²) in [5.41, 5.74) is 0.254. The first-order chi connectivity index (χ1) is 9.82. The molecule has 1 aromatic heterocycles. The van der Waals surface area contributed by atoms with Crippen molar-refractivity contribution >= 4 is 38.6 Å². The predicted octanol–water partition coefficient (Wildman–Crippen LogP) is 3.13. The topological polar surface area (TPSA) is 80.5 Å². The third-order valence-electron chi connectivity index (χ3n) is 2.79. The van der Waals surface area contributed by atoms with Crippen molar-refractivity contribution in [3.8, 4) is 0 Å². The molecule has 1 aromatic carbocycles. The van der Waals surface area contributed by atoms with Crippen LogP contribution in [0.25, 0.3) is 0 Å². The minimum Gasteiger partial charge on any atom is -0.258 e. The van der Waals surface area contributed by atoms with Crippen LogP contribution in [-0.2, 0) is 16.6 Å². The smallest absolute Gasteiger partial charge is 0.258 e. The highest BCUT2D eigenvalue weighted by Gasteiger charge is 2.23. The average Bonchev–Trinajstić information content (AvgIpc) is 2.95. The second kappa shape index (κ2) is 6.10. The minimum atomic E-state index is -3.62. The number of hydrogen-bond donors (Lipinski definition) is 0. The van der Waals surface area contributed by atoms with Crippen molar-refractivity contribution in [3.63, 3.8) is 0 Å². The first-order valence-electron chi connectivity index (χ1n) is 5.75. The van der Waals surface area contributed by atoms with Crippen LogP contribution in [0, 0.1) is 10.1 Å². The van der Waals surface area contributed by atoms with E-state index in [9.17, 15) is 18.5 Å². The molecule has 0 fully saturated rings. The highest BCUT2D eigenvalue weighted by Crippen LogP contribution is 2.26. The van der Waals surface area contributed by atoms with Crippen LogP contribution in [0.15, 0.2) is 39.9 Å². The lowest BCUT2D eigenvalue weighted by molar-refractivity contribution is -0.384. The maximum Gasteiger partial charge on any atom is 0.269 e. The Morgan fingerprint density at radius 1 is 1.38 bits per heavy atom. The third-order valence-corrected chi connectivity index (χ3v) is 6.34. The zero-order valence-electron chi connectivity index (χ0n) is 10.9. The number of hydrogen-bond acceptors (Lipinski definition) is 5. The van der Waals surface area contributed by atoms with Gasteiger partial charge in [0.25, 0.3) is 15.7 Å². The van der Waals surface area contributed by atoms with E-state index < -0.39 is 14.9 Å². The third kappa shape index (κ3) is 3.41. The first-order valence-corrected chi connectivity index (χ1v) is 8.45. The molecule has 0 N–H and O–H groups in total. The van der Waals surface area contributed by atoms with Gasteiger partial charge in [0, 0.05) is 30.7 Å². The molecule has 0 saturated carbocycles. The Morgan fingerprint density at radius 3 is 2.67 bits per heavy atom. The predicted molar refractivity (Wildman–Crippen MR) is 81.1 cm³/mol. The minimum absolute atomic E-state index is 0.0409. The highest BCUT2D eigenvalue weighted by atomic mass is 35.5. The van der Waals surface area contributed by atoms with Gasteiger partial charge in [0.1, 0.15) is 4.21 Å². The number of sulfonamides is 1. The summed E-state index contributed by atoms with van der Waals surface area (Å²) in [6.07, 6.45) is 0. The molecule has 0 saturated heterocycles. The van der Waals surface area contributed by atoms with Gasteiger partial charge in [-0.3, -0.25) is 10.1 Å². The van der Waals surface area contributed by atoms with Crippen molar-refractivity contribution in [3.05, 3.63) is 56.4 Å². The molecule has 0 unspecified atom stereocenters. The average molecular weight is 347 g/mol. The Balaban J connectivity index is 2.30. The van der Waals surface area contributed by atoms with E-state index in [4.69, 9.17) is 11.6 Å². The van der Waals surface area contributed by atoms with Gasteiger partial charge < -0.3 is 0 Å². The largest absolute Gasteiger partial charge is 0.269 e. The van der Waals surface area contributed by atoms with E-state index in [2.05, 4.69) is 0 Å². The van der Waals surface area contributed by atoms with E-state index in [0.29, 0.717) is 5.56 Å². The summed E-state index contributed by atoms with van der Waals surface area (Å²) in [5, 5.41) is 12.7. The van der Waals surface area contributed by atoms with Crippen LogP contribution >= 0.6 is 22.9 Å². The lowest BCUT2D eigenvalue weighted by Crippen LogP contribution is -2.26. The van der Waals surface area contributed by atoms with Gasteiger partial charge in [-0.25, -0.2) is 8.42 Å². The van der Waals surface area contributed by atoms with Crippen LogP contribution in [0.1, 0.15) is 5.56 Å². The number of benzene rings is 1. The Labute approximate surface area is 130 Å². The quantitative estimate of drug-likeness (QED) is 0.615. The molecule has 9 heteroatoms. The fourth-order valence-corrected chi connectivity index (χ4v) is 4.21. The molecular formula is C12H11ClN2O4S2. The summed E-state index contributed by atoms with van der Waals surface area (Å²) in [6.45, 7) is -0.0409. The van der Waals surface area contributed by atoms with Crippen molar-refractivity contribution in [1.29, 1.82) is 0 Å². The molecule has 0 aliphatic carbocycles. The van der Waals surface area contributed by atoms with Gasteiger partial charge in [0.05, 0.1) is 4.92 Å². The number of rotatable bonds is 5. The van der Waals surface area contributed by atoms with Crippen LogP contribution in [0.3, 0.4) is 0 Å². The Hall–Kier alpha value is -1.48. The summed E-state index contributed by atoms with van der Waals surface area (Å²) in [4.78, 5) is 10.2. The monoisotopic (exact) mass is 346 g/mol. The maximum absolute atomic E-state index is 12.3. The molecule has 6 nitrogen and oxygen atoms in total. The van der Waals surface area contributed by atoms with Crippen LogP contribution in [0.5, 0.6) is 0 Å². The van der Waals surface area contributed by atoms with E-state index in [1.54, 1.807) is 11.4 Å². The van der Waals surface area contributed by atoms with Crippen LogP contribution in [-0.4, -0.2) is 24.7 Å². The molecule has 0 aliphatic heterocycles. The number of nitro groups is 1. The van der Waals surface area contributed by atoms with Crippen LogP contribution in [0.2, 0.25) is 5.02 Å². The standard InChI is InChI=1S/C12H11ClN2O4S2/c1-14(21(18,19)12-3-2-6-20-12)8-9-7-10(15(16)17)4-5-11(9)13/h2-7H,8H2,1H3. The summed E-state index contributed by atoms with van der Waals surface area (Å²) in [6, 6.07) is 7.10. The summed E-state index contributed by atoms with van der Waals surface area (Å²) in [7, 11) is -2.21. The van der Waals surface area contributed by atoms with Crippen LogP contribution in [0.4, 0.5) is 5.69 Å². The van der Waals surface area contributed by atoms with E-state index in [0.717, 1.165) is 15.6 Å². The van der Waals surface area contributed by atoms with Gasteiger partial charge in [-0.2, -0.15) is 4.31 Å². The molecule has 2 aromatic rings. The summed E-state index contributed by atoms with van der Waals surface area (Å²) < 4.78 is 25.9. The molecule has 0 aliphatic rings. The van der Waals surface area contributed by atoms with E-state index in [-0.39, 0.29) is 21.5 Å². The zero-order valence-corrected chi connectivity index (χ0v) is 13.3. The Kier molecular flexibility index (Phi) is 4.62. The Bertz CT molecular complexity index is 760. The second-order valence-electron chi connectivity index (χ2n) is 4.23. The van der Waals surface area contributed by atoms with Crippen molar-refractivity contribution in [2.45, 2.75) is 10.8 Å². The number of thiophene rings is 1. The van der Waals surface area contributed by atoms with Gasteiger partial charge in [0.15, 0.2) is 0 Å². The molecule has 21 heavy (non-hydrogen) atoms. The molecule has 1 heterocycles. The van der Waals surface area contributed by atoms with Crippen molar-refractivity contribution in [2.24, 2.45) is 0 Å². The molecule has 0 amide bonds. The number of nitro benzene ring substituents is 1. The SMILES string of the molecule is CN(Cc1cc([N+](=O)[O-])ccc1Cl)S(=O)(=O)c1cccs1. The molecule has 0 radical (unpaired) electrons. The number of non-ortho nitro benzene ring substituents is 1. The molecule has 2 rings (SSSR count). The lowest BCUT2D eigenvalue weighted by atomic mass is 10.2. The van der Waals surface area contributed by atoms with Crippen molar-refractivity contribution < 1.29 is 13.3 Å². The summed E-state index contributed by atoms with van der Waals surface area (Å²) >= 11 is 7.09. The normalized spacial score (nSPS) is 11.8. The van der Waals surface area contributed by atoms with E-state index in [1.807, 2.05) is 0 Å². The van der Waals surface area contributed by atoms with Gasteiger partial charge in [-0.05, 0) is 23.1 Å². The summed E-state index contributed by atoms with van der Waals surface area (Å²) in [5.74, 6) is 0. The van der Waals surface area contributed by atoms with Gasteiger partial charge >= 0.3 is 0 Å². The molecule has 0 bridgehead atoms. The lowest BCUT2D eigenvalue weighted by Gasteiger charge is -2.16. The fraction of sp³-hybridized carbons (Fsp3) is 0.167. The number of nitrogens with zero attached hydrogens (tertiary/aromatic N) is 2. The van der Waals surface area contributed by atoms with Crippen LogP contribution < -0.4 is 0 Å². The van der Waals surface area contributed by atoms with Gasteiger partial charge in [0.2, 0.25) is 0 Å². The number of halogens is 1. The zero-order chi connectivity index (χ0) is 15.6. The van der Waals surface area contributed by atoms with Gasteiger partial charge in [-0.1, -0.05) is 17.7 Å². The van der Waals surface area contributed by atoms with Crippen molar-refractivity contribution in [2.75, 3.05) is 7.05 Å². The van der Waals surface area contributed by atoms with Crippen molar-refractivity contribution in [1.82, 2.24) is 4.31 Å². The van der Waals surface area contributed by atoms with E-state index in [1.165, 1.54) is 31.3 Å². The van der Waals surface area contributed by atoms with Gasteiger partial charge in [-0.15, -0.1) is 11.3 Å². The molecule has 0 atom stereocenters. The Morgan fingerprint density at radius 2 is 2.10 bits per heavy atom. The molecule has 0 spiro atoms. The second-order valence-corrected chi connectivity index (χ2v) is 7.85. The maximum atomic E-state index is 12.3.